The highest BCUT2D eigenvalue weighted by Crippen LogP contribution is 2.19. The molecule has 1 N–H and O–H groups in total. The molecule has 4 heteroatoms. The molecule has 0 aliphatic rings. The number of nitrogens with one attached hydrogen (secondary N) is 1. The SMILES string of the molecule is CCc1ccc(CCC(=O)Nc2ccc(Br)cc2F)cc1. The quantitative estimate of drug-likeness (QED) is 0.831. The third-order valence-electron chi connectivity index (χ3n) is 3.28. The number of rotatable bonds is 5. The molecule has 2 nitrogen and oxygen atoms in total. The van der Waals surface area contributed by atoms with E-state index in [2.05, 4.69) is 40.3 Å². The average Bonchev–Trinajstić information content (AvgIpc) is 2.48. The van der Waals surface area contributed by atoms with Gasteiger partial charge < -0.3 is 5.32 Å². The standard InChI is InChI=1S/C17H17BrFNO/c1-2-12-3-5-13(6-4-12)7-10-17(21)20-16-9-8-14(18)11-15(16)19/h3-6,8-9,11H,2,7,10H2,1H3,(H,20,21). The molecular weight excluding hydrogens is 333 g/mol. The molecule has 0 aliphatic heterocycles. The molecule has 2 aromatic carbocycles. The fraction of sp³-hybridized carbons (Fsp3) is 0.235. The highest BCUT2D eigenvalue weighted by Gasteiger charge is 2.07. The first-order valence-corrected chi connectivity index (χ1v) is 7.70. The van der Waals surface area contributed by atoms with E-state index in [4.69, 9.17) is 0 Å². The topological polar surface area (TPSA) is 29.1 Å². The Bertz CT molecular complexity index is 625. The lowest BCUT2D eigenvalue weighted by atomic mass is 10.1. The Kier molecular flexibility index (Phi) is 5.51. The first kappa shape index (κ1) is 15.7. The van der Waals surface area contributed by atoms with Crippen molar-refractivity contribution in [3.63, 3.8) is 0 Å². The Hall–Kier alpha value is -1.68. The van der Waals surface area contributed by atoms with Crippen molar-refractivity contribution < 1.29 is 9.18 Å². The van der Waals surface area contributed by atoms with E-state index in [1.165, 1.54) is 11.6 Å². The summed E-state index contributed by atoms with van der Waals surface area (Å²) < 4.78 is 14.3. The van der Waals surface area contributed by atoms with Crippen molar-refractivity contribution in [2.45, 2.75) is 26.2 Å². The number of carbonyl (C=O) groups is 1. The monoisotopic (exact) mass is 349 g/mol. The predicted molar refractivity (Wildman–Crippen MR) is 86.9 cm³/mol. The second-order valence-corrected chi connectivity index (χ2v) is 5.76. The lowest BCUT2D eigenvalue weighted by molar-refractivity contribution is -0.116. The van der Waals surface area contributed by atoms with Gasteiger partial charge in [0.15, 0.2) is 0 Å². The lowest BCUT2D eigenvalue weighted by Gasteiger charge is -2.07. The van der Waals surface area contributed by atoms with Crippen LogP contribution in [0.4, 0.5) is 10.1 Å². The summed E-state index contributed by atoms with van der Waals surface area (Å²) in [6.07, 6.45) is 1.98. The van der Waals surface area contributed by atoms with Gasteiger partial charge in [-0.1, -0.05) is 47.1 Å². The van der Waals surface area contributed by atoms with Gasteiger partial charge in [-0.2, -0.15) is 0 Å². The smallest absolute Gasteiger partial charge is 0.224 e. The van der Waals surface area contributed by atoms with Gasteiger partial charge in [0.1, 0.15) is 5.82 Å². The number of amides is 1. The van der Waals surface area contributed by atoms with Gasteiger partial charge in [-0.25, -0.2) is 4.39 Å². The van der Waals surface area contributed by atoms with E-state index < -0.39 is 5.82 Å². The van der Waals surface area contributed by atoms with Crippen molar-refractivity contribution in [1.29, 1.82) is 0 Å². The molecule has 0 aromatic heterocycles. The van der Waals surface area contributed by atoms with Crippen LogP contribution in [0.5, 0.6) is 0 Å². The molecule has 21 heavy (non-hydrogen) atoms. The summed E-state index contributed by atoms with van der Waals surface area (Å²) in [4.78, 5) is 11.9. The summed E-state index contributed by atoms with van der Waals surface area (Å²) >= 11 is 3.18. The molecule has 110 valence electrons. The van der Waals surface area contributed by atoms with Gasteiger partial charge in [-0.05, 0) is 42.2 Å². The summed E-state index contributed by atoms with van der Waals surface area (Å²) in [5.74, 6) is -0.624. The highest BCUT2D eigenvalue weighted by molar-refractivity contribution is 9.10. The van der Waals surface area contributed by atoms with E-state index >= 15 is 0 Å². The Labute approximate surface area is 132 Å². The first-order valence-electron chi connectivity index (χ1n) is 6.91. The average molecular weight is 350 g/mol. The van der Waals surface area contributed by atoms with E-state index in [1.54, 1.807) is 12.1 Å². The van der Waals surface area contributed by atoms with Crippen molar-refractivity contribution in [3.05, 3.63) is 63.9 Å². The number of halogens is 2. The number of carbonyl (C=O) groups excluding carboxylic acids is 1. The molecule has 0 fully saturated rings. The maximum Gasteiger partial charge on any atom is 0.224 e. The van der Waals surface area contributed by atoms with Gasteiger partial charge in [0, 0.05) is 10.9 Å². The van der Waals surface area contributed by atoms with Crippen LogP contribution in [-0.2, 0) is 17.6 Å². The Morgan fingerprint density at radius 3 is 2.43 bits per heavy atom. The molecule has 0 atom stereocenters. The number of anilines is 1. The largest absolute Gasteiger partial charge is 0.324 e. The maximum atomic E-state index is 13.6. The van der Waals surface area contributed by atoms with Crippen LogP contribution in [-0.4, -0.2) is 5.91 Å². The zero-order chi connectivity index (χ0) is 15.2. The van der Waals surface area contributed by atoms with Crippen LogP contribution in [0.25, 0.3) is 0 Å². The molecule has 0 heterocycles. The number of hydrogen-bond acceptors (Lipinski definition) is 1. The molecule has 0 bridgehead atoms. The van der Waals surface area contributed by atoms with E-state index in [1.807, 2.05) is 12.1 Å². The minimum Gasteiger partial charge on any atom is -0.324 e. The Balaban J connectivity index is 1.89. The van der Waals surface area contributed by atoms with E-state index in [-0.39, 0.29) is 11.6 Å². The molecule has 0 aliphatic carbocycles. The summed E-state index contributed by atoms with van der Waals surface area (Å²) in [7, 11) is 0. The van der Waals surface area contributed by atoms with Crippen LogP contribution in [0.2, 0.25) is 0 Å². The fourth-order valence-corrected chi connectivity index (χ4v) is 2.34. The van der Waals surface area contributed by atoms with Crippen LogP contribution >= 0.6 is 15.9 Å². The minimum atomic E-state index is -0.440. The van der Waals surface area contributed by atoms with Gasteiger partial charge in [0.05, 0.1) is 5.69 Å². The van der Waals surface area contributed by atoms with Crippen LogP contribution in [0.15, 0.2) is 46.9 Å². The molecule has 0 radical (unpaired) electrons. The molecule has 2 rings (SSSR count). The second-order valence-electron chi connectivity index (χ2n) is 4.84. The number of aryl methyl sites for hydroxylation is 2. The molecule has 1 amide bonds. The third-order valence-corrected chi connectivity index (χ3v) is 3.77. The van der Waals surface area contributed by atoms with Gasteiger partial charge in [-0.15, -0.1) is 0 Å². The molecule has 0 saturated heterocycles. The van der Waals surface area contributed by atoms with E-state index in [0.29, 0.717) is 17.3 Å². The van der Waals surface area contributed by atoms with Gasteiger partial charge >= 0.3 is 0 Å². The van der Waals surface area contributed by atoms with Crippen LogP contribution in [0.1, 0.15) is 24.5 Å². The maximum absolute atomic E-state index is 13.6. The molecule has 0 spiro atoms. The number of benzene rings is 2. The highest BCUT2D eigenvalue weighted by atomic mass is 79.9. The number of hydrogen-bond donors (Lipinski definition) is 1. The molecular formula is C17H17BrFNO. The lowest BCUT2D eigenvalue weighted by Crippen LogP contribution is -2.13. The third kappa shape index (κ3) is 4.67. The van der Waals surface area contributed by atoms with Crippen LogP contribution in [0, 0.1) is 5.82 Å². The Morgan fingerprint density at radius 1 is 1.14 bits per heavy atom. The van der Waals surface area contributed by atoms with Crippen LogP contribution < -0.4 is 5.32 Å². The summed E-state index contributed by atoms with van der Waals surface area (Å²) in [6.45, 7) is 2.11. The molecule has 0 unspecified atom stereocenters. The van der Waals surface area contributed by atoms with Crippen molar-refractivity contribution in [2.24, 2.45) is 0 Å². The fourth-order valence-electron chi connectivity index (χ4n) is 2.00. The van der Waals surface area contributed by atoms with Crippen molar-refractivity contribution in [2.75, 3.05) is 5.32 Å². The zero-order valence-corrected chi connectivity index (χ0v) is 13.4. The van der Waals surface area contributed by atoms with E-state index in [0.717, 1.165) is 12.0 Å². The van der Waals surface area contributed by atoms with E-state index in [9.17, 15) is 9.18 Å². The van der Waals surface area contributed by atoms with Crippen molar-refractivity contribution in [1.82, 2.24) is 0 Å². The van der Waals surface area contributed by atoms with Gasteiger partial charge in [-0.3, -0.25) is 4.79 Å². The summed E-state index contributed by atoms with van der Waals surface area (Å²) in [6, 6.07) is 12.8. The summed E-state index contributed by atoms with van der Waals surface area (Å²) in [5, 5.41) is 2.60. The van der Waals surface area contributed by atoms with Crippen molar-refractivity contribution in [3.8, 4) is 0 Å². The van der Waals surface area contributed by atoms with Gasteiger partial charge in [0.2, 0.25) is 5.91 Å². The predicted octanol–water partition coefficient (Wildman–Crippen LogP) is 4.72. The molecule has 2 aromatic rings. The minimum absolute atomic E-state index is 0.184. The first-order chi connectivity index (χ1) is 10.1. The van der Waals surface area contributed by atoms with Gasteiger partial charge in [0.25, 0.3) is 0 Å². The van der Waals surface area contributed by atoms with Crippen molar-refractivity contribution >= 4 is 27.5 Å². The normalized spacial score (nSPS) is 10.4. The summed E-state index contributed by atoms with van der Waals surface area (Å²) in [5.41, 5.74) is 2.60. The second kappa shape index (κ2) is 7.36. The zero-order valence-electron chi connectivity index (χ0n) is 11.8. The molecule has 0 saturated carbocycles. The van der Waals surface area contributed by atoms with Crippen LogP contribution in [0.3, 0.4) is 0 Å². The Morgan fingerprint density at radius 2 is 1.81 bits per heavy atom.